The molecule has 9 rings (SSSR count). The van der Waals surface area contributed by atoms with Crippen molar-refractivity contribution >= 4 is 72.0 Å². The van der Waals surface area contributed by atoms with Crippen molar-refractivity contribution in [3.8, 4) is 5.75 Å². The fourth-order valence-corrected chi connectivity index (χ4v) is 12.5. The van der Waals surface area contributed by atoms with Crippen LogP contribution in [-0.4, -0.2) is 104 Å². The number of aliphatic carboxylic acids is 1. The number of anilines is 3. The van der Waals surface area contributed by atoms with Crippen molar-refractivity contribution in [3.05, 3.63) is 187 Å². The second-order valence-electron chi connectivity index (χ2n) is 23.0. The zero-order valence-electron chi connectivity index (χ0n) is 48.5. The van der Waals surface area contributed by atoms with E-state index in [0.29, 0.717) is 67.2 Å². The number of nitrogens with zero attached hydrogens (tertiary/aromatic N) is 5. The third-order valence-corrected chi connectivity index (χ3v) is 17.4. The van der Waals surface area contributed by atoms with Crippen molar-refractivity contribution in [2.45, 2.75) is 116 Å². The smallest absolute Gasteiger partial charge is 0.326 e. The van der Waals surface area contributed by atoms with E-state index >= 15 is 0 Å². The molecule has 0 bridgehead atoms. The molecular formula is C63H72N9O11S2+. The molecule has 22 heteroatoms. The van der Waals surface area contributed by atoms with E-state index in [2.05, 4.69) is 142 Å². The minimum Gasteiger partial charge on any atom is -0.480 e. The Morgan fingerprint density at radius 1 is 0.835 bits per heavy atom. The highest BCUT2D eigenvalue weighted by atomic mass is 32.2. The topological polar surface area (TPSA) is 300 Å². The number of rotatable bonds is 23. The lowest BCUT2D eigenvalue weighted by Gasteiger charge is -2.27. The van der Waals surface area contributed by atoms with E-state index in [1.54, 1.807) is 48.5 Å². The van der Waals surface area contributed by atoms with Crippen molar-refractivity contribution in [2.24, 2.45) is 0 Å². The SMILES string of the molecule is Cc1ccc2c(c1)C(C)(C)C(=CC=C1CCCC(C=CC3=[N+](CCCCS(=O)(=O)O)c4ccc(C)cc4C3(C)C)=C1Oc1ccc(C[C@H](NC(=O)c3ccc(NCc4cnc5nc(N)[nH]c(=O)c5n4)cc3)C(=O)O)cc1)N2CCCCS(=O)(=O)O. The first-order valence-electron chi connectivity index (χ1n) is 28.3. The number of aromatic nitrogens is 4. The molecule has 2 aliphatic heterocycles. The maximum absolute atomic E-state index is 13.5. The Hall–Kier alpha value is -8.31. The maximum atomic E-state index is 13.5. The van der Waals surface area contributed by atoms with Gasteiger partial charge in [0.1, 0.15) is 24.1 Å². The number of benzene rings is 4. The normalized spacial score (nSPS) is 17.0. The Morgan fingerprint density at radius 3 is 2.21 bits per heavy atom. The first-order chi connectivity index (χ1) is 40.2. The molecular weight excluding hydrogens is 1120 g/mol. The van der Waals surface area contributed by atoms with Gasteiger partial charge in [-0.05, 0) is 149 Å². The standard InChI is InChI=1S/C63H71N9O11S2/c1-39-14-26-51-48(34-39)62(3,4)53(71(51)30-7-9-32-84(77,78)79)28-20-42-12-11-13-43(21-29-54-63(5,6)49-35-40(2)15-27-52(49)72(54)31-8-10-33-85(80,81)82)56(42)83-47-24-16-41(17-25-47)36-50(60(75)76)68-58(73)44-18-22-45(23-19-44)65-37-46-38-66-57-55(67-46)59(74)70-61(64)69-57/h14-29,34-35,38,50H,7-13,30-33,36-37H2,1-6H3,(H7-,64,65,66,68,69,70,73,74,75,76,77,78,79,80,81,82)/p+1/t50-/m0/s1. The van der Waals surface area contributed by atoms with Crippen LogP contribution < -0.4 is 31.6 Å². The van der Waals surface area contributed by atoms with E-state index in [1.165, 1.54) is 6.20 Å². The Bertz CT molecular complexity index is 4040. The van der Waals surface area contributed by atoms with Crippen LogP contribution in [0.15, 0.2) is 143 Å². The first kappa shape index (κ1) is 61.3. The number of carboxylic acids is 1. The Morgan fingerprint density at radius 2 is 1.52 bits per heavy atom. The summed E-state index contributed by atoms with van der Waals surface area (Å²) in [6.45, 7) is 14.1. The van der Waals surface area contributed by atoms with Crippen LogP contribution in [-0.2, 0) is 48.8 Å². The van der Waals surface area contributed by atoms with Crippen molar-refractivity contribution in [2.75, 3.05) is 40.5 Å². The molecule has 0 spiro atoms. The van der Waals surface area contributed by atoms with Crippen LogP contribution in [0.1, 0.15) is 117 Å². The summed E-state index contributed by atoms with van der Waals surface area (Å²) in [5, 5.41) is 16.2. The van der Waals surface area contributed by atoms with Gasteiger partial charge in [-0.15, -0.1) is 0 Å². The highest BCUT2D eigenvalue weighted by molar-refractivity contribution is 7.86. The largest absolute Gasteiger partial charge is 0.480 e. The molecule has 4 heterocycles. The minimum absolute atomic E-state index is 0.0270. The molecule has 0 fully saturated rings. The molecule has 4 aromatic carbocycles. The van der Waals surface area contributed by atoms with Crippen LogP contribution >= 0.6 is 0 Å². The van der Waals surface area contributed by atoms with Crippen LogP contribution in [0.25, 0.3) is 11.2 Å². The van der Waals surface area contributed by atoms with Gasteiger partial charge in [0, 0.05) is 65.1 Å². The Labute approximate surface area is 494 Å². The number of carboxylic acid groups (broad SMARTS) is 1. The second-order valence-corrected chi connectivity index (χ2v) is 26.1. The number of aromatic amines is 1. The molecule has 3 aliphatic rings. The molecule has 1 aliphatic carbocycles. The van der Waals surface area contributed by atoms with Gasteiger partial charge in [0.05, 0.1) is 35.4 Å². The third-order valence-electron chi connectivity index (χ3n) is 15.8. The van der Waals surface area contributed by atoms with E-state index in [0.717, 1.165) is 62.6 Å². The molecule has 2 aromatic heterocycles. The van der Waals surface area contributed by atoms with E-state index in [4.69, 9.17) is 10.5 Å². The van der Waals surface area contributed by atoms with E-state index < -0.39 is 54.5 Å². The predicted octanol–water partition coefficient (Wildman–Crippen LogP) is 9.34. The molecule has 0 saturated heterocycles. The molecule has 446 valence electrons. The molecule has 1 amide bonds. The van der Waals surface area contributed by atoms with Gasteiger partial charge in [0.15, 0.2) is 16.9 Å². The van der Waals surface area contributed by atoms with Gasteiger partial charge in [-0.3, -0.25) is 23.7 Å². The number of nitrogens with one attached hydrogen (secondary N) is 3. The highest BCUT2D eigenvalue weighted by Crippen LogP contribution is 2.49. The minimum atomic E-state index is -4.12. The summed E-state index contributed by atoms with van der Waals surface area (Å²) in [5.74, 6) is -1.36. The number of nitrogen functional groups attached to an aromatic ring is 1. The zero-order valence-corrected chi connectivity index (χ0v) is 50.1. The average Bonchev–Trinajstić information content (AvgIpc) is 1.66. The van der Waals surface area contributed by atoms with Gasteiger partial charge in [0.25, 0.3) is 31.7 Å². The summed E-state index contributed by atoms with van der Waals surface area (Å²) < 4.78 is 75.0. The molecule has 6 aromatic rings. The van der Waals surface area contributed by atoms with Crippen molar-refractivity contribution < 1.29 is 49.9 Å². The van der Waals surface area contributed by atoms with Gasteiger partial charge < -0.3 is 31.1 Å². The van der Waals surface area contributed by atoms with E-state index in [-0.39, 0.29) is 60.0 Å². The number of H-pyrrole nitrogens is 1. The lowest BCUT2D eigenvalue weighted by atomic mass is 9.80. The number of carbonyl (C=O) groups excluding carboxylic acids is 1. The zero-order chi connectivity index (χ0) is 61.0. The number of ether oxygens (including phenoxy) is 1. The van der Waals surface area contributed by atoms with Crippen molar-refractivity contribution in [1.29, 1.82) is 0 Å². The quantitative estimate of drug-likeness (QED) is 0.0178. The van der Waals surface area contributed by atoms with Gasteiger partial charge in [0.2, 0.25) is 11.6 Å². The molecule has 0 saturated carbocycles. The number of fused-ring (bicyclic) bond motifs is 3. The lowest BCUT2D eigenvalue weighted by Crippen LogP contribution is -2.42. The fourth-order valence-electron chi connectivity index (χ4n) is 11.4. The predicted molar refractivity (Wildman–Crippen MR) is 329 cm³/mol. The number of hydrogen-bond donors (Lipinski definition) is 7. The molecule has 0 unspecified atom stereocenters. The van der Waals surface area contributed by atoms with Gasteiger partial charge >= 0.3 is 5.97 Å². The molecule has 8 N–H and O–H groups in total. The van der Waals surface area contributed by atoms with Gasteiger partial charge in [-0.25, -0.2) is 14.8 Å². The fraction of sp³-hybridized carbons (Fsp3) is 0.349. The summed E-state index contributed by atoms with van der Waals surface area (Å²) in [4.78, 5) is 55.6. The second kappa shape index (κ2) is 25.1. The molecule has 1 atom stereocenters. The van der Waals surface area contributed by atoms with Crippen LogP contribution in [0.5, 0.6) is 5.75 Å². The Balaban J connectivity index is 0.987. The summed E-state index contributed by atoms with van der Waals surface area (Å²) in [6, 6.07) is 25.0. The van der Waals surface area contributed by atoms with Crippen molar-refractivity contribution in [1.82, 2.24) is 25.3 Å². The average molecular weight is 1200 g/mol. The number of allylic oxidation sites excluding steroid dienone is 7. The number of aryl methyl sites for hydroxylation is 2. The monoisotopic (exact) mass is 1190 g/mol. The number of carbonyl (C=O) groups is 2. The number of nitrogens with two attached hydrogens (primary N) is 1. The first-order valence-corrected chi connectivity index (χ1v) is 31.5. The van der Waals surface area contributed by atoms with Crippen LogP contribution in [0.2, 0.25) is 0 Å². The van der Waals surface area contributed by atoms with Gasteiger partial charge in [-0.2, -0.15) is 26.4 Å². The summed E-state index contributed by atoms with van der Waals surface area (Å²) in [7, 11) is -8.24. The van der Waals surface area contributed by atoms with Crippen LogP contribution in [0, 0.1) is 13.8 Å². The number of amides is 1. The summed E-state index contributed by atoms with van der Waals surface area (Å²) in [6.07, 6.45) is 13.7. The number of hydrogen-bond acceptors (Lipinski definition) is 14. The Kier molecular flexibility index (Phi) is 18.1. The molecule has 20 nitrogen and oxygen atoms in total. The van der Waals surface area contributed by atoms with E-state index in [9.17, 15) is 45.4 Å². The van der Waals surface area contributed by atoms with Crippen molar-refractivity contribution in [3.63, 3.8) is 0 Å². The van der Waals surface area contributed by atoms with Crippen LogP contribution in [0.4, 0.5) is 23.0 Å². The maximum Gasteiger partial charge on any atom is 0.326 e. The molecule has 0 radical (unpaired) electrons. The van der Waals surface area contributed by atoms with Gasteiger partial charge in [-0.1, -0.05) is 61.4 Å². The highest BCUT2D eigenvalue weighted by Gasteiger charge is 2.44. The molecule has 85 heavy (non-hydrogen) atoms. The van der Waals surface area contributed by atoms with E-state index in [1.807, 2.05) is 0 Å². The third kappa shape index (κ3) is 14.6. The summed E-state index contributed by atoms with van der Waals surface area (Å²) >= 11 is 0. The summed E-state index contributed by atoms with van der Waals surface area (Å²) in [5.41, 5.74) is 16.9. The number of unbranched alkanes of at least 4 members (excludes halogenated alkanes) is 2. The lowest BCUT2D eigenvalue weighted by molar-refractivity contribution is -0.438. The van der Waals surface area contributed by atoms with Crippen LogP contribution in [0.3, 0.4) is 0 Å².